The zero-order valence-electron chi connectivity index (χ0n) is 8.34. The largest absolute Gasteiger partial charge is 0.468 e. The third-order valence-electron chi connectivity index (χ3n) is 2.44. The molecule has 0 aliphatic heterocycles. The third-order valence-corrected chi connectivity index (χ3v) is 2.44. The molecule has 7 heteroatoms. The maximum atomic E-state index is 12.5. The molecule has 1 rings (SSSR count). The topological polar surface area (TPSA) is 60.4 Å². The number of rotatable bonds is 1. The smallest absolute Gasteiger partial charge is 0.393 e. The minimum Gasteiger partial charge on any atom is -0.468 e. The van der Waals surface area contributed by atoms with Gasteiger partial charge in [-0.3, -0.25) is 14.4 Å². The van der Waals surface area contributed by atoms with Crippen LogP contribution in [0.3, 0.4) is 0 Å². The molecule has 0 aromatic heterocycles. The molecule has 2 atom stereocenters. The van der Waals surface area contributed by atoms with Gasteiger partial charge in [-0.1, -0.05) is 0 Å². The summed E-state index contributed by atoms with van der Waals surface area (Å²) in [5.74, 6) is -7.21. The Labute approximate surface area is 88.7 Å². The third kappa shape index (κ3) is 2.40. The summed E-state index contributed by atoms with van der Waals surface area (Å²) in [4.78, 5) is 33.2. The normalized spacial score (nSPS) is 26.8. The van der Waals surface area contributed by atoms with Crippen molar-refractivity contribution in [2.75, 3.05) is 7.11 Å². The number of hydrogen-bond donors (Lipinski definition) is 0. The highest BCUT2D eigenvalue weighted by Crippen LogP contribution is 2.39. The van der Waals surface area contributed by atoms with E-state index in [9.17, 15) is 27.6 Å². The first-order chi connectivity index (χ1) is 7.27. The molecule has 0 aromatic rings. The number of hydrogen-bond acceptors (Lipinski definition) is 4. The molecule has 1 saturated carbocycles. The number of esters is 1. The lowest BCUT2D eigenvalue weighted by atomic mass is 9.77. The second-order valence-electron chi connectivity index (χ2n) is 3.53. The molecule has 0 amide bonds. The molecule has 0 N–H and O–H groups in total. The Bertz CT molecular complexity index is 334. The Kier molecular flexibility index (Phi) is 3.35. The van der Waals surface area contributed by atoms with Crippen LogP contribution in [0.4, 0.5) is 13.2 Å². The number of ether oxygens (including phenoxy) is 1. The molecule has 90 valence electrons. The number of halogens is 3. The summed E-state index contributed by atoms with van der Waals surface area (Å²) in [5.41, 5.74) is 0. The fourth-order valence-corrected chi connectivity index (χ4v) is 1.69. The first-order valence-corrected chi connectivity index (χ1v) is 4.46. The number of carbonyl (C=O) groups is 3. The molecule has 2 unspecified atom stereocenters. The molecule has 4 nitrogen and oxygen atoms in total. The van der Waals surface area contributed by atoms with Crippen molar-refractivity contribution in [3.05, 3.63) is 0 Å². The van der Waals surface area contributed by atoms with Crippen LogP contribution >= 0.6 is 0 Å². The van der Waals surface area contributed by atoms with Crippen molar-refractivity contribution in [2.45, 2.75) is 19.0 Å². The second kappa shape index (κ2) is 4.23. The fraction of sp³-hybridized carbons (Fsp3) is 0.667. The summed E-state index contributed by atoms with van der Waals surface area (Å²) in [6.45, 7) is 0. The second-order valence-corrected chi connectivity index (χ2v) is 3.53. The Morgan fingerprint density at radius 1 is 1.38 bits per heavy atom. The highest BCUT2D eigenvalue weighted by molar-refractivity contribution is 6.10. The van der Waals surface area contributed by atoms with Gasteiger partial charge in [-0.05, 0) is 0 Å². The van der Waals surface area contributed by atoms with Gasteiger partial charge in [0.25, 0.3) is 0 Å². The van der Waals surface area contributed by atoms with Gasteiger partial charge in [0.05, 0.1) is 19.4 Å². The first kappa shape index (κ1) is 12.7. The zero-order valence-corrected chi connectivity index (χ0v) is 8.34. The minimum absolute atomic E-state index is 0.633. The highest BCUT2D eigenvalue weighted by Gasteiger charge is 2.54. The van der Waals surface area contributed by atoms with Crippen molar-refractivity contribution in [2.24, 2.45) is 11.8 Å². The fourth-order valence-electron chi connectivity index (χ4n) is 1.69. The number of Topliss-reactive ketones (excluding diaryl/α,β-unsaturated/α-hetero) is 2. The predicted molar refractivity (Wildman–Crippen MR) is 44.3 cm³/mol. The van der Waals surface area contributed by atoms with E-state index >= 15 is 0 Å². The van der Waals surface area contributed by atoms with Crippen LogP contribution in [0.1, 0.15) is 12.8 Å². The Hall–Kier alpha value is -1.40. The maximum absolute atomic E-state index is 12.5. The van der Waals surface area contributed by atoms with Crippen molar-refractivity contribution >= 4 is 17.5 Å². The van der Waals surface area contributed by atoms with Crippen LogP contribution in [0.15, 0.2) is 0 Å². The van der Waals surface area contributed by atoms with Crippen molar-refractivity contribution in [3.8, 4) is 0 Å². The molecule has 0 saturated heterocycles. The summed E-state index contributed by atoms with van der Waals surface area (Å²) in [7, 11) is 0.902. The van der Waals surface area contributed by atoms with Crippen LogP contribution in [0.25, 0.3) is 0 Å². The number of carbonyl (C=O) groups excluding carboxylic acids is 3. The van der Waals surface area contributed by atoms with Gasteiger partial charge in [0.1, 0.15) is 11.7 Å². The van der Waals surface area contributed by atoms with Crippen LogP contribution < -0.4 is 0 Å². The van der Waals surface area contributed by atoms with Crippen LogP contribution in [-0.2, 0) is 19.1 Å². The molecule has 0 aromatic carbocycles. The van der Waals surface area contributed by atoms with Crippen LogP contribution in [-0.4, -0.2) is 30.8 Å². The summed E-state index contributed by atoms with van der Waals surface area (Å²) in [5, 5.41) is 0. The number of methoxy groups -OCH3 is 1. The van der Waals surface area contributed by atoms with E-state index in [4.69, 9.17) is 0 Å². The van der Waals surface area contributed by atoms with E-state index in [0.29, 0.717) is 0 Å². The van der Waals surface area contributed by atoms with E-state index < -0.39 is 48.4 Å². The lowest BCUT2D eigenvalue weighted by Gasteiger charge is -2.29. The van der Waals surface area contributed by atoms with Crippen molar-refractivity contribution in [1.82, 2.24) is 0 Å². The quantitative estimate of drug-likeness (QED) is 0.502. The van der Waals surface area contributed by atoms with E-state index in [-0.39, 0.29) is 0 Å². The summed E-state index contributed by atoms with van der Waals surface area (Å²) >= 11 is 0. The molecular weight excluding hydrogens is 229 g/mol. The van der Waals surface area contributed by atoms with Gasteiger partial charge in [-0.15, -0.1) is 0 Å². The molecule has 0 bridgehead atoms. The van der Waals surface area contributed by atoms with E-state index in [1.165, 1.54) is 0 Å². The van der Waals surface area contributed by atoms with Gasteiger partial charge < -0.3 is 4.74 Å². The predicted octanol–water partition coefficient (Wildman–Crippen LogP) is 0.886. The van der Waals surface area contributed by atoms with Gasteiger partial charge in [-0.25, -0.2) is 0 Å². The van der Waals surface area contributed by atoms with E-state index in [1.54, 1.807) is 0 Å². The highest BCUT2D eigenvalue weighted by atomic mass is 19.4. The number of ketones is 2. The number of alkyl halides is 3. The van der Waals surface area contributed by atoms with E-state index in [0.717, 1.165) is 7.11 Å². The van der Waals surface area contributed by atoms with Crippen LogP contribution in [0, 0.1) is 11.8 Å². The van der Waals surface area contributed by atoms with Gasteiger partial charge in [0.15, 0.2) is 5.78 Å². The molecule has 1 fully saturated rings. The molecule has 0 spiro atoms. The summed E-state index contributed by atoms with van der Waals surface area (Å²) in [6.07, 6.45) is -6.23. The van der Waals surface area contributed by atoms with Crippen LogP contribution in [0.5, 0.6) is 0 Å². The van der Waals surface area contributed by atoms with Crippen molar-refractivity contribution < 1.29 is 32.3 Å². The SMILES string of the molecule is COC(=O)C1C(=O)CC(=O)CC1C(F)(F)F. The molecule has 16 heavy (non-hydrogen) atoms. The Morgan fingerprint density at radius 3 is 2.38 bits per heavy atom. The standard InChI is InChI=1S/C9H9F3O4/c1-16-8(15)7-5(9(10,11)12)2-4(13)3-6(7)14/h5,7H,2-3H2,1H3. The van der Waals surface area contributed by atoms with Crippen molar-refractivity contribution in [1.29, 1.82) is 0 Å². The maximum Gasteiger partial charge on any atom is 0.393 e. The molecular formula is C9H9F3O4. The minimum atomic E-state index is -4.76. The van der Waals surface area contributed by atoms with Gasteiger partial charge >= 0.3 is 12.1 Å². The average molecular weight is 238 g/mol. The lowest BCUT2D eigenvalue weighted by Crippen LogP contribution is -2.45. The van der Waals surface area contributed by atoms with Gasteiger partial charge in [-0.2, -0.15) is 13.2 Å². The molecule has 0 radical (unpaired) electrons. The molecule has 1 aliphatic rings. The van der Waals surface area contributed by atoms with Crippen LogP contribution in [0.2, 0.25) is 0 Å². The van der Waals surface area contributed by atoms with E-state index in [1.807, 2.05) is 0 Å². The summed E-state index contributed by atoms with van der Waals surface area (Å²) in [6, 6.07) is 0. The Morgan fingerprint density at radius 2 is 1.94 bits per heavy atom. The van der Waals surface area contributed by atoms with E-state index in [2.05, 4.69) is 4.74 Å². The lowest BCUT2D eigenvalue weighted by molar-refractivity contribution is -0.203. The zero-order chi connectivity index (χ0) is 12.5. The molecule has 0 heterocycles. The average Bonchev–Trinajstić information content (AvgIpc) is 2.14. The van der Waals surface area contributed by atoms with Gasteiger partial charge in [0, 0.05) is 6.42 Å². The van der Waals surface area contributed by atoms with Gasteiger partial charge in [0.2, 0.25) is 0 Å². The first-order valence-electron chi connectivity index (χ1n) is 4.46. The van der Waals surface area contributed by atoms with Crippen molar-refractivity contribution in [3.63, 3.8) is 0 Å². The molecule has 1 aliphatic carbocycles. The summed E-state index contributed by atoms with van der Waals surface area (Å²) < 4.78 is 41.7. The monoisotopic (exact) mass is 238 g/mol. The Balaban J connectivity index is 3.03.